The fraction of sp³-hybridized carbons (Fsp3) is 0.643. The molecule has 2 aliphatic rings. The second-order valence-corrected chi connectivity index (χ2v) is 12.9. The molecule has 34 heavy (non-hydrogen) atoms. The Hall–Kier alpha value is -0.620. The SMILES string of the molecule is CC(C)(C)C(O)CC1CCN(C[C@@H]2CCN(Cc3ccc(Cl)cc3Cl)C2)CC1.Cc1ccsc1. The van der Waals surface area contributed by atoms with Crippen LogP contribution in [-0.4, -0.2) is 53.7 Å². The molecule has 6 heteroatoms. The number of hydrogen-bond acceptors (Lipinski definition) is 4. The highest BCUT2D eigenvalue weighted by Gasteiger charge is 2.30. The Balaban J connectivity index is 0.000000469. The number of rotatable bonds is 6. The second kappa shape index (κ2) is 13.1. The van der Waals surface area contributed by atoms with E-state index in [-0.39, 0.29) is 11.5 Å². The monoisotopic (exact) mass is 524 g/mol. The molecule has 0 bridgehead atoms. The smallest absolute Gasteiger partial charge is 0.0591 e. The van der Waals surface area contributed by atoms with Gasteiger partial charge in [0.15, 0.2) is 0 Å². The minimum atomic E-state index is -0.188. The van der Waals surface area contributed by atoms with E-state index >= 15 is 0 Å². The highest BCUT2D eigenvalue weighted by molar-refractivity contribution is 7.07. The van der Waals surface area contributed by atoms with Gasteiger partial charge in [0.1, 0.15) is 0 Å². The molecule has 0 radical (unpaired) electrons. The van der Waals surface area contributed by atoms with E-state index in [4.69, 9.17) is 23.2 Å². The predicted molar refractivity (Wildman–Crippen MR) is 148 cm³/mol. The lowest BCUT2D eigenvalue weighted by Crippen LogP contribution is -2.39. The summed E-state index contributed by atoms with van der Waals surface area (Å²) in [6, 6.07) is 7.92. The van der Waals surface area contributed by atoms with Gasteiger partial charge in [0, 0.05) is 29.7 Å². The van der Waals surface area contributed by atoms with E-state index in [1.165, 1.54) is 50.0 Å². The molecule has 2 saturated heterocycles. The fourth-order valence-corrected chi connectivity index (χ4v) is 6.00. The van der Waals surface area contributed by atoms with Crippen molar-refractivity contribution in [2.24, 2.45) is 17.3 Å². The van der Waals surface area contributed by atoms with E-state index in [0.717, 1.165) is 37.0 Å². The summed E-state index contributed by atoms with van der Waals surface area (Å²) >= 11 is 14.1. The number of thiophene rings is 1. The van der Waals surface area contributed by atoms with Crippen LogP contribution in [0.1, 0.15) is 57.6 Å². The molecule has 2 aliphatic heterocycles. The average molecular weight is 526 g/mol. The van der Waals surface area contributed by atoms with Gasteiger partial charge in [-0.15, -0.1) is 0 Å². The van der Waals surface area contributed by atoms with Crippen molar-refractivity contribution in [3.63, 3.8) is 0 Å². The highest BCUT2D eigenvalue weighted by Crippen LogP contribution is 2.31. The number of aliphatic hydroxyl groups excluding tert-OH is 1. The molecule has 2 atom stereocenters. The maximum atomic E-state index is 10.4. The van der Waals surface area contributed by atoms with E-state index in [2.05, 4.69) is 60.4 Å². The quantitative estimate of drug-likeness (QED) is 0.426. The summed E-state index contributed by atoms with van der Waals surface area (Å²) in [5.74, 6) is 1.43. The van der Waals surface area contributed by atoms with Crippen LogP contribution in [0.25, 0.3) is 0 Å². The molecule has 0 aliphatic carbocycles. The first-order valence-electron chi connectivity index (χ1n) is 12.7. The van der Waals surface area contributed by atoms with Gasteiger partial charge in [0.25, 0.3) is 0 Å². The number of nitrogens with zero attached hydrogens (tertiary/aromatic N) is 2. The van der Waals surface area contributed by atoms with Crippen LogP contribution in [0, 0.1) is 24.2 Å². The van der Waals surface area contributed by atoms with E-state index in [9.17, 15) is 5.11 Å². The number of halogens is 2. The van der Waals surface area contributed by atoms with Gasteiger partial charge >= 0.3 is 0 Å². The summed E-state index contributed by atoms with van der Waals surface area (Å²) in [5, 5.41) is 16.1. The summed E-state index contributed by atoms with van der Waals surface area (Å²) in [7, 11) is 0. The Bertz CT molecular complexity index is 860. The topological polar surface area (TPSA) is 26.7 Å². The maximum Gasteiger partial charge on any atom is 0.0591 e. The van der Waals surface area contributed by atoms with E-state index in [1.54, 1.807) is 11.3 Å². The molecular weight excluding hydrogens is 483 g/mol. The van der Waals surface area contributed by atoms with Crippen molar-refractivity contribution >= 4 is 34.5 Å². The number of hydrogen-bond donors (Lipinski definition) is 1. The molecule has 4 rings (SSSR count). The van der Waals surface area contributed by atoms with Crippen molar-refractivity contribution in [3.8, 4) is 0 Å². The third-order valence-corrected chi connectivity index (χ3v) is 8.61. The third-order valence-electron chi connectivity index (χ3n) is 7.22. The molecule has 190 valence electrons. The van der Waals surface area contributed by atoms with Crippen LogP contribution < -0.4 is 0 Å². The Labute approximate surface area is 221 Å². The summed E-state index contributed by atoms with van der Waals surface area (Å²) in [4.78, 5) is 5.16. The number of benzene rings is 1. The van der Waals surface area contributed by atoms with Crippen LogP contribution in [-0.2, 0) is 6.54 Å². The van der Waals surface area contributed by atoms with Crippen LogP contribution in [0.15, 0.2) is 35.0 Å². The molecule has 1 unspecified atom stereocenters. The molecule has 3 nitrogen and oxygen atoms in total. The lowest BCUT2D eigenvalue weighted by Gasteiger charge is -2.36. The number of likely N-dealkylation sites (tertiary alicyclic amines) is 2. The van der Waals surface area contributed by atoms with Crippen molar-refractivity contribution in [1.82, 2.24) is 9.80 Å². The van der Waals surface area contributed by atoms with Gasteiger partial charge in [-0.1, -0.05) is 50.0 Å². The van der Waals surface area contributed by atoms with Gasteiger partial charge in [0.2, 0.25) is 0 Å². The van der Waals surface area contributed by atoms with Gasteiger partial charge < -0.3 is 10.0 Å². The minimum Gasteiger partial charge on any atom is -0.393 e. The van der Waals surface area contributed by atoms with Crippen molar-refractivity contribution in [2.45, 2.75) is 66.0 Å². The minimum absolute atomic E-state index is 0.00256. The standard InChI is InChI=1S/C23H36Cl2N2O.C5H6S/c1-23(2,3)22(28)12-17-6-9-26(10-7-17)14-18-8-11-27(15-18)16-19-4-5-20(24)13-21(19)25;1-5-2-3-6-4-5/h4-5,13,17-18,22,28H,6-12,14-16H2,1-3H3;2-4H,1H3/t18-,22?;/m0./s1. The van der Waals surface area contributed by atoms with Crippen LogP contribution in [0.3, 0.4) is 0 Å². The molecule has 3 heterocycles. The molecule has 2 fully saturated rings. The predicted octanol–water partition coefficient (Wildman–Crippen LogP) is 7.38. The zero-order valence-electron chi connectivity index (χ0n) is 21.3. The van der Waals surface area contributed by atoms with Crippen LogP contribution in [0.2, 0.25) is 10.0 Å². The average Bonchev–Trinajstić information content (AvgIpc) is 3.43. The van der Waals surface area contributed by atoms with Gasteiger partial charge in [-0.3, -0.25) is 4.90 Å². The van der Waals surface area contributed by atoms with Crippen LogP contribution in [0.5, 0.6) is 0 Å². The zero-order valence-corrected chi connectivity index (χ0v) is 23.6. The fourth-order valence-electron chi connectivity index (χ4n) is 4.87. The summed E-state index contributed by atoms with van der Waals surface area (Å²) in [6.07, 6.45) is 4.49. The first-order valence-corrected chi connectivity index (χ1v) is 14.4. The lowest BCUT2D eigenvalue weighted by molar-refractivity contribution is 0.0285. The normalized spacial score (nSPS) is 21.3. The van der Waals surface area contributed by atoms with Gasteiger partial charge in [-0.05, 0) is 110 Å². The second-order valence-electron chi connectivity index (χ2n) is 11.3. The van der Waals surface area contributed by atoms with Crippen molar-refractivity contribution in [1.29, 1.82) is 0 Å². The molecule has 0 saturated carbocycles. The molecule has 0 amide bonds. The van der Waals surface area contributed by atoms with E-state index in [0.29, 0.717) is 10.9 Å². The Morgan fingerprint density at radius 3 is 2.26 bits per heavy atom. The summed E-state index contributed by atoms with van der Waals surface area (Å²) < 4.78 is 0. The number of aliphatic hydroxyl groups is 1. The Kier molecular flexibility index (Phi) is 10.8. The lowest BCUT2D eigenvalue weighted by atomic mass is 9.81. The Morgan fingerprint density at radius 1 is 1.03 bits per heavy atom. The molecule has 1 aromatic carbocycles. The van der Waals surface area contributed by atoms with Crippen molar-refractivity contribution in [3.05, 3.63) is 56.2 Å². The highest BCUT2D eigenvalue weighted by atomic mass is 35.5. The zero-order chi connectivity index (χ0) is 24.7. The van der Waals surface area contributed by atoms with Gasteiger partial charge in [-0.2, -0.15) is 11.3 Å². The largest absolute Gasteiger partial charge is 0.393 e. The molecule has 2 aromatic rings. The summed E-state index contributed by atoms with van der Waals surface area (Å²) in [5.41, 5.74) is 2.53. The maximum absolute atomic E-state index is 10.4. The van der Waals surface area contributed by atoms with Crippen LogP contribution in [0.4, 0.5) is 0 Å². The van der Waals surface area contributed by atoms with E-state index in [1.807, 2.05) is 12.1 Å². The molecular formula is C28H42Cl2N2OS. The summed E-state index contributed by atoms with van der Waals surface area (Å²) in [6.45, 7) is 15.3. The van der Waals surface area contributed by atoms with Crippen LogP contribution >= 0.6 is 34.5 Å². The Morgan fingerprint density at radius 2 is 1.71 bits per heavy atom. The van der Waals surface area contributed by atoms with Gasteiger partial charge in [-0.25, -0.2) is 0 Å². The van der Waals surface area contributed by atoms with Crippen molar-refractivity contribution in [2.75, 3.05) is 32.7 Å². The first-order chi connectivity index (χ1) is 16.1. The van der Waals surface area contributed by atoms with Crippen molar-refractivity contribution < 1.29 is 5.11 Å². The van der Waals surface area contributed by atoms with Gasteiger partial charge in [0.05, 0.1) is 6.10 Å². The molecule has 1 aromatic heterocycles. The van der Waals surface area contributed by atoms with E-state index < -0.39 is 0 Å². The molecule has 0 spiro atoms. The number of piperidine rings is 1. The third kappa shape index (κ3) is 9.11. The number of aryl methyl sites for hydroxylation is 1. The molecule has 1 N–H and O–H groups in total. The first kappa shape index (κ1) is 28.0.